The molecule has 0 unspecified atom stereocenters. The van der Waals surface area contributed by atoms with E-state index in [0.717, 1.165) is 79.6 Å². The number of fused-ring (bicyclic) bond motifs is 2. The highest BCUT2D eigenvalue weighted by atomic mass is 16.2. The first-order valence-electron chi connectivity index (χ1n) is 11.4. The largest absolute Gasteiger partial charge is 0.351 e. The molecule has 4 aromatic heterocycles. The van der Waals surface area contributed by atoms with E-state index in [4.69, 9.17) is 0 Å². The molecule has 9 nitrogen and oxygen atoms in total. The first-order valence-corrected chi connectivity index (χ1v) is 11.4. The summed E-state index contributed by atoms with van der Waals surface area (Å²) in [5.41, 5.74) is 3.39. The number of carbonyl (C=O) groups is 1. The molecule has 2 fully saturated rings. The zero-order chi connectivity index (χ0) is 21.5. The minimum absolute atomic E-state index is 0.181. The van der Waals surface area contributed by atoms with Gasteiger partial charge in [-0.1, -0.05) is 0 Å². The molecule has 0 aromatic carbocycles. The molecular formula is C23H26N8O. The molecule has 0 radical (unpaired) electrons. The van der Waals surface area contributed by atoms with E-state index in [2.05, 4.69) is 35.3 Å². The Kier molecular flexibility index (Phi) is 4.74. The van der Waals surface area contributed by atoms with E-state index in [9.17, 15) is 4.79 Å². The molecule has 9 heteroatoms. The Balaban J connectivity index is 1.14. The molecule has 1 aliphatic carbocycles. The van der Waals surface area contributed by atoms with Gasteiger partial charge < -0.3 is 15.2 Å². The minimum atomic E-state index is 0.181. The molecule has 0 atom stereocenters. The summed E-state index contributed by atoms with van der Waals surface area (Å²) in [6.45, 7) is 1.88. The third-order valence-corrected chi connectivity index (χ3v) is 6.79. The van der Waals surface area contributed by atoms with Gasteiger partial charge in [-0.25, -0.2) is 14.5 Å². The summed E-state index contributed by atoms with van der Waals surface area (Å²) < 4.78 is 1.76. The quantitative estimate of drug-likeness (QED) is 0.515. The van der Waals surface area contributed by atoms with Gasteiger partial charge in [0, 0.05) is 60.8 Å². The molecular weight excluding hydrogens is 404 g/mol. The second-order valence-electron chi connectivity index (χ2n) is 8.83. The average Bonchev–Trinajstić information content (AvgIpc) is 3.59. The Morgan fingerprint density at radius 2 is 1.94 bits per heavy atom. The monoisotopic (exact) mass is 430 g/mol. The average molecular weight is 431 g/mol. The topological polar surface area (TPSA) is 104 Å². The van der Waals surface area contributed by atoms with Gasteiger partial charge in [0.1, 0.15) is 5.65 Å². The van der Waals surface area contributed by atoms with E-state index in [1.54, 1.807) is 10.7 Å². The molecule has 2 N–H and O–H groups in total. The molecule has 1 aliphatic heterocycles. The van der Waals surface area contributed by atoms with Crippen molar-refractivity contribution in [3.8, 4) is 11.3 Å². The predicted molar refractivity (Wildman–Crippen MR) is 121 cm³/mol. The van der Waals surface area contributed by atoms with E-state index < -0.39 is 0 Å². The minimum Gasteiger partial charge on any atom is -0.351 e. The Morgan fingerprint density at radius 1 is 1.09 bits per heavy atom. The Labute approximate surface area is 185 Å². The molecule has 5 heterocycles. The normalized spacial score (nSPS) is 21.4. The van der Waals surface area contributed by atoms with Crippen molar-refractivity contribution in [2.75, 3.05) is 18.4 Å². The molecule has 1 saturated heterocycles. The van der Waals surface area contributed by atoms with Crippen molar-refractivity contribution in [1.29, 1.82) is 0 Å². The third-order valence-electron chi connectivity index (χ3n) is 6.79. The number of amides is 1. The van der Waals surface area contributed by atoms with Crippen LogP contribution in [-0.2, 0) is 4.79 Å². The molecule has 164 valence electrons. The van der Waals surface area contributed by atoms with Crippen molar-refractivity contribution in [2.45, 2.75) is 44.6 Å². The summed E-state index contributed by atoms with van der Waals surface area (Å²) in [5.74, 6) is 1.17. The van der Waals surface area contributed by atoms with Crippen LogP contribution in [-0.4, -0.2) is 59.5 Å². The van der Waals surface area contributed by atoms with Crippen LogP contribution in [0.3, 0.4) is 0 Å². The lowest BCUT2D eigenvalue weighted by atomic mass is 9.85. The van der Waals surface area contributed by atoms with Crippen LogP contribution in [0.1, 0.15) is 38.5 Å². The lowest BCUT2D eigenvalue weighted by molar-refractivity contribution is -0.135. The fourth-order valence-electron chi connectivity index (χ4n) is 5.01. The van der Waals surface area contributed by atoms with Gasteiger partial charge in [0.15, 0.2) is 5.65 Å². The van der Waals surface area contributed by atoms with Crippen LogP contribution in [0.25, 0.3) is 27.9 Å². The van der Waals surface area contributed by atoms with Crippen molar-refractivity contribution < 1.29 is 4.79 Å². The predicted octanol–water partition coefficient (Wildman–Crippen LogP) is 3.26. The van der Waals surface area contributed by atoms with E-state index in [-0.39, 0.29) is 5.92 Å². The maximum absolute atomic E-state index is 12.7. The van der Waals surface area contributed by atoms with Crippen LogP contribution < -0.4 is 5.32 Å². The fourth-order valence-corrected chi connectivity index (χ4v) is 5.01. The number of anilines is 1. The van der Waals surface area contributed by atoms with Crippen molar-refractivity contribution in [1.82, 2.24) is 34.4 Å². The number of aromatic amines is 1. The Hall–Kier alpha value is -3.49. The standard InChI is InChI=1S/C23H26N8O/c32-22(30-10-1-2-11-30)15-3-5-16(6-4-15)27-23-26-14-18-17(13-25-21(18)28-23)19-7-8-20-24-9-12-31(20)29-19/h7-9,12-16H,1-6,10-11H2,(H2,25,26,27,28). The summed E-state index contributed by atoms with van der Waals surface area (Å²) in [4.78, 5) is 31.5. The number of imidazole rings is 1. The maximum atomic E-state index is 12.7. The number of H-pyrrole nitrogens is 1. The summed E-state index contributed by atoms with van der Waals surface area (Å²) in [5, 5.41) is 9.04. The Bertz CT molecular complexity index is 1260. The van der Waals surface area contributed by atoms with Gasteiger partial charge in [-0.05, 0) is 50.7 Å². The summed E-state index contributed by atoms with van der Waals surface area (Å²) in [6.07, 6.45) is 13.4. The first kappa shape index (κ1) is 19.2. The molecule has 1 saturated carbocycles. The molecule has 6 rings (SSSR count). The number of carbonyl (C=O) groups excluding carboxylic acids is 1. The van der Waals surface area contributed by atoms with E-state index >= 15 is 0 Å². The lowest BCUT2D eigenvalue weighted by Gasteiger charge is -2.30. The first-order chi connectivity index (χ1) is 15.7. The van der Waals surface area contributed by atoms with Crippen LogP contribution >= 0.6 is 0 Å². The number of hydrogen-bond acceptors (Lipinski definition) is 6. The smallest absolute Gasteiger partial charge is 0.225 e. The van der Waals surface area contributed by atoms with Crippen molar-refractivity contribution >= 4 is 28.5 Å². The highest BCUT2D eigenvalue weighted by Crippen LogP contribution is 2.30. The zero-order valence-electron chi connectivity index (χ0n) is 17.9. The van der Waals surface area contributed by atoms with Gasteiger partial charge in [0.25, 0.3) is 0 Å². The van der Waals surface area contributed by atoms with Crippen LogP contribution in [0.2, 0.25) is 0 Å². The van der Waals surface area contributed by atoms with Gasteiger partial charge in [-0.15, -0.1) is 0 Å². The second-order valence-corrected chi connectivity index (χ2v) is 8.83. The molecule has 1 amide bonds. The van der Waals surface area contributed by atoms with E-state index in [1.165, 1.54) is 0 Å². The van der Waals surface area contributed by atoms with Crippen LogP contribution in [0.15, 0.2) is 36.9 Å². The number of hydrogen-bond donors (Lipinski definition) is 2. The van der Waals surface area contributed by atoms with Gasteiger partial charge in [0.05, 0.1) is 5.69 Å². The molecule has 0 bridgehead atoms. The molecule has 4 aromatic rings. The van der Waals surface area contributed by atoms with E-state index in [0.29, 0.717) is 17.9 Å². The number of nitrogens with one attached hydrogen (secondary N) is 2. The number of aromatic nitrogens is 6. The molecule has 32 heavy (non-hydrogen) atoms. The van der Waals surface area contributed by atoms with Crippen LogP contribution in [0, 0.1) is 5.92 Å². The van der Waals surface area contributed by atoms with Gasteiger partial charge >= 0.3 is 0 Å². The SMILES string of the molecule is O=C(C1CCC(Nc2ncc3c(-c4ccc5nccn5n4)c[nH]c3n2)CC1)N1CCCC1. The third kappa shape index (κ3) is 3.47. The van der Waals surface area contributed by atoms with Gasteiger partial charge in [-0.3, -0.25) is 4.79 Å². The van der Waals surface area contributed by atoms with Crippen LogP contribution in [0.4, 0.5) is 5.95 Å². The van der Waals surface area contributed by atoms with Crippen LogP contribution in [0.5, 0.6) is 0 Å². The highest BCUT2D eigenvalue weighted by Gasteiger charge is 2.30. The van der Waals surface area contributed by atoms with Gasteiger partial charge in [-0.2, -0.15) is 10.1 Å². The molecule has 2 aliphatic rings. The summed E-state index contributed by atoms with van der Waals surface area (Å²) in [7, 11) is 0. The summed E-state index contributed by atoms with van der Waals surface area (Å²) in [6, 6.07) is 4.21. The zero-order valence-corrected chi connectivity index (χ0v) is 17.9. The number of likely N-dealkylation sites (tertiary alicyclic amines) is 1. The highest BCUT2D eigenvalue weighted by molar-refractivity contribution is 5.92. The van der Waals surface area contributed by atoms with E-state index in [1.807, 2.05) is 30.7 Å². The van der Waals surface area contributed by atoms with Crippen molar-refractivity contribution in [3.63, 3.8) is 0 Å². The Morgan fingerprint density at radius 3 is 2.78 bits per heavy atom. The lowest BCUT2D eigenvalue weighted by Crippen LogP contribution is -2.37. The maximum Gasteiger partial charge on any atom is 0.225 e. The van der Waals surface area contributed by atoms with Crippen molar-refractivity contribution in [3.05, 3.63) is 36.9 Å². The molecule has 0 spiro atoms. The summed E-state index contributed by atoms with van der Waals surface area (Å²) >= 11 is 0. The number of nitrogens with zero attached hydrogens (tertiary/aromatic N) is 6. The van der Waals surface area contributed by atoms with Crippen molar-refractivity contribution in [2.24, 2.45) is 5.92 Å². The second kappa shape index (κ2) is 7.89. The number of rotatable bonds is 4. The van der Waals surface area contributed by atoms with Gasteiger partial charge in [0.2, 0.25) is 11.9 Å². The fraction of sp³-hybridized carbons (Fsp3) is 0.435.